The number of rotatable bonds is 7. The van der Waals surface area contributed by atoms with Crippen LogP contribution in [0.5, 0.6) is 11.5 Å². The molecule has 0 atom stereocenters. The number of nitrogens with zero attached hydrogens (tertiary/aromatic N) is 1. The van der Waals surface area contributed by atoms with Crippen LogP contribution in [-0.2, 0) is 0 Å². The monoisotopic (exact) mass is 312 g/mol. The Labute approximate surface area is 135 Å². The van der Waals surface area contributed by atoms with E-state index < -0.39 is 0 Å². The topological polar surface area (TPSA) is 70.9 Å². The van der Waals surface area contributed by atoms with Crippen LogP contribution in [0.4, 0.5) is 0 Å². The van der Waals surface area contributed by atoms with Crippen molar-refractivity contribution in [2.75, 3.05) is 6.61 Å². The van der Waals surface area contributed by atoms with Crippen LogP contribution in [0.25, 0.3) is 0 Å². The summed E-state index contributed by atoms with van der Waals surface area (Å²) in [6, 6.07) is 13.6. The van der Waals surface area contributed by atoms with Gasteiger partial charge in [0.25, 0.3) is 5.91 Å². The molecule has 5 heteroatoms. The summed E-state index contributed by atoms with van der Waals surface area (Å²) in [5.41, 5.74) is 3.45. The zero-order valence-corrected chi connectivity index (χ0v) is 13.0. The Kier molecular flexibility index (Phi) is 6.17. The lowest BCUT2D eigenvalue weighted by molar-refractivity contribution is 0.0955. The first kappa shape index (κ1) is 16.5. The summed E-state index contributed by atoms with van der Waals surface area (Å²) in [4.78, 5) is 12.0. The maximum atomic E-state index is 12.0. The molecule has 1 amide bonds. The molecule has 5 nitrogen and oxygen atoms in total. The van der Waals surface area contributed by atoms with Crippen molar-refractivity contribution in [3.8, 4) is 11.5 Å². The highest BCUT2D eigenvalue weighted by Gasteiger charge is 2.04. The first-order valence-electron chi connectivity index (χ1n) is 7.55. The third kappa shape index (κ3) is 5.14. The van der Waals surface area contributed by atoms with Gasteiger partial charge in [-0.3, -0.25) is 4.79 Å². The minimum atomic E-state index is -0.322. The largest absolute Gasteiger partial charge is 0.507 e. The third-order valence-electron chi connectivity index (χ3n) is 3.19. The molecule has 0 saturated carbocycles. The van der Waals surface area contributed by atoms with Crippen molar-refractivity contribution in [3.63, 3.8) is 0 Å². The van der Waals surface area contributed by atoms with E-state index in [1.165, 1.54) is 6.21 Å². The second-order valence-electron chi connectivity index (χ2n) is 4.98. The number of amides is 1. The van der Waals surface area contributed by atoms with Crippen LogP contribution in [-0.4, -0.2) is 23.8 Å². The molecule has 0 unspecified atom stereocenters. The zero-order valence-electron chi connectivity index (χ0n) is 13.0. The average Bonchev–Trinajstić information content (AvgIpc) is 2.57. The van der Waals surface area contributed by atoms with E-state index >= 15 is 0 Å². The first-order chi connectivity index (χ1) is 11.2. The van der Waals surface area contributed by atoms with Crippen LogP contribution in [0, 0.1) is 0 Å². The Morgan fingerprint density at radius 3 is 2.65 bits per heavy atom. The molecule has 23 heavy (non-hydrogen) atoms. The molecule has 0 heterocycles. The maximum Gasteiger partial charge on any atom is 0.271 e. The minimum Gasteiger partial charge on any atom is -0.507 e. The van der Waals surface area contributed by atoms with Gasteiger partial charge in [-0.1, -0.05) is 25.5 Å². The third-order valence-corrected chi connectivity index (χ3v) is 3.19. The van der Waals surface area contributed by atoms with Crippen molar-refractivity contribution >= 4 is 12.1 Å². The summed E-state index contributed by atoms with van der Waals surface area (Å²) in [5, 5.41) is 13.4. The molecular weight excluding hydrogens is 292 g/mol. The lowest BCUT2D eigenvalue weighted by Gasteiger charge is -2.06. The summed E-state index contributed by atoms with van der Waals surface area (Å²) in [5.74, 6) is 0.531. The van der Waals surface area contributed by atoms with E-state index in [2.05, 4.69) is 17.5 Å². The lowest BCUT2D eigenvalue weighted by Crippen LogP contribution is -2.17. The summed E-state index contributed by atoms with van der Waals surface area (Å²) < 4.78 is 5.54. The fourth-order valence-corrected chi connectivity index (χ4v) is 1.86. The van der Waals surface area contributed by atoms with Gasteiger partial charge in [-0.15, -0.1) is 0 Å². The number of hydrogen-bond acceptors (Lipinski definition) is 4. The molecule has 0 fully saturated rings. The van der Waals surface area contributed by atoms with Crippen molar-refractivity contribution in [1.82, 2.24) is 5.43 Å². The number of carbonyl (C=O) groups excluding carboxylic acids is 1. The number of para-hydroxylation sites is 1. The highest BCUT2D eigenvalue weighted by atomic mass is 16.5. The number of nitrogens with one attached hydrogen (secondary N) is 1. The number of aromatic hydroxyl groups is 1. The number of ether oxygens (including phenoxy) is 1. The molecule has 2 rings (SSSR count). The van der Waals surface area contributed by atoms with Gasteiger partial charge < -0.3 is 9.84 Å². The number of benzene rings is 2. The molecular formula is C18H20N2O3. The summed E-state index contributed by atoms with van der Waals surface area (Å²) >= 11 is 0. The van der Waals surface area contributed by atoms with E-state index in [0.29, 0.717) is 17.7 Å². The fourth-order valence-electron chi connectivity index (χ4n) is 1.86. The molecule has 0 aliphatic heterocycles. The van der Waals surface area contributed by atoms with E-state index in [-0.39, 0.29) is 11.7 Å². The van der Waals surface area contributed by atoms with Crippen LogP contribution in [0.3, 0.4) is 0 Å². The number of carbonyl (C=O) groups is 1. The fraction of sp³-hybridized carbons (Fsp3) is 0.222. The molecule has 0 saturated heterocycles. The second-order valence-corrected chi connectivity index (χ2v) is 4.98. The quantitative estimate of drug-likeness (QED) is 0.468. The van der Waals surface area contributed by atoms with Crippen molar-refractivity contribution in [1.29, 1.82) is 0 Å². The van der Waals surface area contributed by atoms with Crippen LogP contribution in [0.15, 0.2) is 53.6 Å². The Morgan fingerprint density at radius 2 is 1.96 bits per heavy atom. The number of phenolic OH excluding ortho intramolecular Hbond substituents is 1. The van der Waals surface area contributed by atoms with Gasteiger partial charge >= 0.3 is 0 Å². The molecule has 2 N–H and O–H groups in total. The van der Waals surface area contributed by atoms with Crippen LogP contribution in [0.1, 0.15) is 35.7 Å². The van der Waals surface area contributed by atoms with Gasteiger partial charge in [-0.2, -0.15) is 5.10 Å². The molecule has 0 spiro atoms. The molecule has 0 aliphatic rings. The minimum absolute atomic E-state index is 0.110. The second kappa shape index (κ2) is 8.58. The number of hydrazone groups is 1. The van der Waals surface area contributed by atoms with Gasteiger partial charge in [-0.05, 0) is 42.8 Å². The number of unbranched alkanes of at least 4 members (excludes halogenated alkanes) is 1. The normalized spacial score (nSPS) is 10.7. The van der Waals surface area contributed by atoms with E-state index in [1.807, 2.05) is 0 Å². The van der Waals surface area contributed by atoms with Crippen molar-refractivity contribution in [3.05, 3.63) is 59.7 Å². The number of phenols is 1. The standard InChI is InChI=1S/C18H20N2O3/c1-2-3-12-23-16-10-8-14(9-11-16)18(22)20-19-13-15-6-4-5-7-17(15)21/h4-11,13,21H,2-3,12H2,1H3,(H,20,22)/b19-13+. The van der Waals surface area contributed by atoms with E-state index in [1.54, 1.807) is 48.5 Å². The van der Waals surface area contributed by atoms with Crippen LogP contribution >= 0.6 is 0 Å². The van der Waals surface area contributed by atoms with Gasteiger partial charge in [0.2, 0.25) is 0 Å². The molecule has 0 aromatic heterocycles. The van der Waals surface area contributed by atoms with Crippen LogP contribution in [0.2, 0.25) is 0 Å². The molecule has 2 aromatic rings. The average molecular weight is 312 g/mol. The maximum absolute atomic E-state index is 12.0. The van der Waals surface area contributed by atoms with Crippen molar-refractivity contribution in [2.24, 2.45) is 5.10 Å². The molecule has 0 bridgehead atoms. The highest BCUT2D eigenvalue weighted by Crippen LogP contribution is 2.14. The summed E-state index contributed by atoms with van der Waals surface area (Å²) in [6.45, 7) is 2.78. The van der Waals surface area contributed by atoms with Crippen LogP contribution < -0.4 is 10.2 Å². The summed E-state index contributed by atoms with van der Waals surface area (Å²) in [7, 11) is 0. The predicted octanol–water partition coefficient (Wildman–Crippen LogP) is 3.34. The Morgan fingerprint density at radius 1 is 1.22 bits per heavy atom. The van der Waals surface area contributed by atoms with Gasteiger partial charge in [-0.25, -0.2) is 5.43 Å². The summed E-state index contributed by atoms with van der Waals surface area (Å²) in [6.07, 6.45) is 3.48. The van der Waals surface area contributed by atoms with Gasteiger partial charge in [0.05, 0.1) is 12.8 Å². The van der Waals surface area contributed by atoms with E-state index in [4.69, 9.17) is 4.74 Å². The van der Waals surface area contributed by atoms with Gasteiger partial charge in [0.15, 0.2) is 0 Å². The first-order valence-corrected chi connectivity index (χ1v) is 7.55. The van der Waals surface area contributed by atoms with E-state index in [9.17, 15) is 9.90 Å². The Hall–Kier alpha value is -2.82. The number of hydrogen-bond donors (Lipinski definition) is 2. The zero-order chi connectivity index (χ0) is 16.5. The Balaban J connectivity index is 1.89. The van der Waals surface area contributed by atoms with Gasteiger partial charge in [0.1, 0.15) is 11.5 Å². The molecule has 120 valence electrons. The smallest absolute Gasteiger partial charge is 0.271 e. The Bertz CT molecular complexity index is 666. The molecule has 2 aromatic carbocycles. The lowest BCUT2D eigenvalue weighted by atomic mass is 10.2. The van der Waals surface area contributed by atoms with E-state index in [0.717, 1.165) is 18.6 Å². The molecule has 0 aliphatic carbocycles. The van der Waals surface area contributed by atoms with Gasteiger partial charge in [0, 0.05) is 11.1 Å². The SMILES string of the molecule is CCCCOc1ccc(C(=O)N/N=C/c2ccccc2O)cc1. The highest BCUT2D eigenvalue weighted by molar-refractivity contribution is 5.95. The van der Waals surface area contributed by atoms with Crippen molar-refractivity contribution < 1.29 is 14.6 Å². The van der Waals surface area contributed by atoms with Crippen molar-refractivity contribution in [2.45, 2.75) is 19.8 Å². The molecule has 0 radical (unpaired) electrons. The predicted molar refractivity (Wildman–Crippen MR) is 90.0 cm³/mol.